The molecule has 1 saturated heterocycles. The van der Waals surface area contributed by atoms with Gasteiger partial charge < -0.3 is 14.5 Å². The molecule has 0 bridgehead atoms. The summed E-state index contributed by atoms with van der Waals surface area (Å²) in [7, 11) is 0. The molecule has 1 aliphatic heterocycles. The van der Waals surface area contributed by atoms with Crippen LogP contribution in [-0.4, -0.2) is 52.7 Å². The predicted octanol–water partition coefficient (Wildman–Crippen LogP) is 2.00. The van der Waals surface area contributed by atoms with Gasteiger partial charge in [-0.1, -0.05) is 0 Å². The second-order valence-corrected chi connectivity index (χ2v) is 5.91. The molecule has 3 rings (SSSR count). The zero-order chi connectivity index (χ0) is 16.9. The molecule has 7 nitrogen and oxygen atoms in total. The molecule has 0 unspecified atom stereocenters. The third-order valence-corrected chi connectivity index (χ3v) is 3.94. The number of hydrogen-bond acceptors (Lipinski definition) is 7. The zero-order valence-corrected chi connectivity index (χ0v) is 14.6. The first-order valence-corrected chi connectivity index (χ1v) is 8.43. The minimum Gasteiger partial charge on any atom is -0.478 e. The van der Waals surface area contributed by atoms with E-state index >= 15 is 0 Å². The van der Waals surface area contributed by atoms with Crippen molar-refractivity contribution in [1.82, 2.24) is 19.9 Å². The maximum atomic E-state index is 5.48. The van der Waals surface area contributed by atoms with Crippen LogP contribution in [0.2, 0.25) is 0 Å². The molecule has 2 aromatic rings. The summed E-state index contributed by atoms with van der Waals surface area (Å²) < 4.78 is 5.48. The Kier molecular flexibility index (Phi) is 5.08. The predicted molar refractivity (Wildman–Crippen MR) is 93.8 cm³/mol. The molecular weight excluding hydrogens is 304 g/mol. The molecular formula is C17H24N6O. The molecule has 0 amide bonds. The van der Waals surface area contributed by atoms with Gasteiger partial charge in [0.25, 0.3) is 0 Å². The van der Waals surface area contributed by atoms with E-state index in [9.17, 15) is 0 Å². The largest absolute Gasteiger partial charge is 0.478 e. The van der Waals surface area contributed by atoms with Crippen LogP contribution in [0.5, 0.6) is 5.88 Å². The van der Waals surface area contributed by atoms with Gasteiger partial charge >= 0.3 is 0 Å². The topological polar surface area (TPSA) is 67.3 Å². The molecule has 0 spiro atoms. The van der Waals surface area contributed by atoms with Gasteiger partial charge in [0.15, 0.2) is 0 Å². The number of anilines is 2. The molecule has 24 heavy (non-hydrogen) atoms. The minimum absolute atomic E-state index is 0.605. The standard InChI is InChI=1S/C17H24N6O/c1-4-24-15-6-7-18-16(21-15)22-8-5-9-23(11-10-22)17-19-13(2)12-14(3)20-17/h6-7,12H,4-5,8-11H2,1-3H3. The number of rotatable bonds is 4. The molecule has 0 saturated carbocycles. The van der Waals surface area contributed by atoms with Crippen LogP contribution in [0.15, 0.2) is 18.3 Å². The van der Waals surface area contributed by atoms with Crippen LogP contribution < -0.4 is 14.5 Å². The first-order valence-electron chi connectivity index (χ1n) is 8.43. The van der Waals surface area contributed by atoms with Crippen molar-refractivity contribution < 1.29 is 4.74 Å². The second-order valence-electron chi connectivity index (χ2n) is 5.91. The summed E-state index contributed by atoms with van der Waals surface area (Å²) in [6.45, 7) is 10.1. The highest BCUT2D eigenvalue weighted by atomic mass is 16.5. The molecule has 0 aromatic carbocycles. The lowest BCUT2D eigenvalue weighted by molar-refractivity contribution is 0.326. The van der Waals surface area contributed by atoms with Gasteiger partial charge in [-0.3, -0.25) is 0 Å². The Bertz CT molecular complexity index is 672. The lowest BCUT2D eigenvalue weighted by atomic mass is 10.3. The SMILES string of the molecule is CCOc1ccnc(N2CCCN(c3nc(C)cc(C)n3)CC2)n1. The van der Waals surface area contributed by atoms with Crippen molar-refractivity contribution in [2.75, 3.05) is 42.6 Å². The van der Waals surface area contributed by atoms with Gasteiger partial charge in [0.2, 0.25) is 17.8 Å². The molecule has 2 aromatic heterocycles. The van der Waals surface area contributed by atoms with Crippen molar-refractivity contribution in [1.29, 1.82) is 0 Å². The van der Waals surface area contributed by atoms with E-state index in [0.29, 0.717) is 12.5 Å². The number of ether oxygens (including phenoxy) is 1. The normalized spacial score (nSPS) is 15.3. The number of nitrogens with zero attached hydrogens (tertiary/aromatic N) is 6. The van der Waals surface area contributed by atoms with E-state index in [-0.39, 0.29) is 0 Å². The lowest BCUT2D eigenvalue weighted by Gasteiger charge is -2.22. The third kappa shape index (κ3) is 3.90. The fourth-order valence-corrected chi connectivity index (χ4v) is 2.88. The van der Waals surface area contributed by atoms with E-state index in [0.717, 1.165) is 55.9 Å². The first-order chi connectivity index (χ1) is 11.7. The van der Waals surface area contributed by atoms with E-state index in [1.165, 1.54) is 0 Å². The van der Waals surface area contributed by atoms with Crippen molar-refractivity contribution in [3.63, 3.8) is 0 Å². The fraction of sp³-hybridized carbons (Fsp3) is 0.529. The lowest BCUT2D eigenvalue weighted by Crippen LogP contribution is -2.32. The summed E-state index contributed by atoms with van der Waals surface area (Å²) in [4.78, 5) is 22.5. The summed E-state index contributed by atoms with van der Waals surface area (Å²) in [5.41, 5.74) is 2.01. The van der Waals surface area contributed by atoms with Gasteiger partial charge in [-0.25, -0.2) is 15.0 Å². The highest BCUT2D eigenvalue weighted by molar-refractivity contribution is 5.37. The van der Waals surface area contributed by atoms with Crippen LogP contribution in [0, 0.1) is 13.8 Å². The van der Waals surface area contributed by atoms with Gasteiger partial charge in [0, 0.05) is 49.8 Å². The summed E-state index contributed by atoms with van der Waals surface area (Å²) in [6.07, 6.45) is 2.77. The van der Waals surface area contributed by atoms with Crippen molar-refractivity contribution in [2.45, 2.75) is 27.2 Å². The van der Waals surface area contributed by atoms with Crippen LogP contribution in [0.1, 0.15) is 24.7 Å². The Balaban J connectivity index is 1.72. The monoisotopic (exact) mass is 328 g/mol. The smallest absolute Gasteiger partial charge is 0.228 e. The van der Waals surface area contributed by atoms with Crippen LogP contribution in [0.4, 0.5) is 11.9 Å². The van der Waals surface area contributed by atoms with Gasteiger partial charge in [-0.15, -0.1) is 0 Å². The minimum atomic E-state index is 0.605. The van der Waals surface area contributed by atoms with Crippen LogP contribution in [0.3, 0.4) is 0 Å². The summed E-state index contributed by atoms with van der Waals surface area (Å²) >= 11 is 0. The molecule has 128 valence electrons. The van der Waals surface area contributed by atoms with Crippen molar-refractivity contribution in [3.05, 3.63) is 29.7 Å². The van der Waals surface area contributed by atoms with E-state index in [1.54, 1.807) is 12.3 Å². The van der Waals surface area contributed by atoms with E-state index in [1.807, 2.05) is 26.8 Å². The number of aryl methyl sites for hydroxylation is 2. The van der Waals surface area contributed by atoms with Crippen molar-refractivity contribution >= 4 is 11.9 Å². The fourth-order valence-electron chi connectivity index (χ4n) is 2.88. The van der Waals surface area contributed by atoms with Gasteiger partial charge in [-0.05, 0) is 33.3 Å². The average Bonchev–Trinajstić information content (AvgIpc) is 2.81. The molecule has 0 N–H and O–H groups in total. The highest BCUT2D eigenvalue weighted by Crippen LogP contribution is 2.17. The van der Waals surface area contributed by atoms with Crippen molar-refractivity contribution in [2.24, 2.45) is 0 Å². The highest BCUT2D eigenvalue weighted by Gasteiger charge is 2.19. The van der Waals surface area contributed by atoms with Gasteiger partial charge in [-0.2, -0.15) is 4.98 Å². The van der Waals surface area contributed by atoms with E-state index < -0.39 is 0 Å². The van der Waals surface area contributed by atoms with Crippen molar-refractivity contribution in [3.8, 4) is 5.88 Å². The molecule has 7 heteroatoms. The molecule has 0 atom stereocenters. The van der Waals surface area contributed by atoms with Gasteiger partial charge in [0.1, 0.15) is 0 Å². The number of aromatic nitrogens is 4. The van der Waals surface area contributed by atoms with E-state index in [2.05, 4.69) is 29.7 Å². The first kappa shape index (κ1) is 16.4. The summed E-state index contributed by atoms with van der Waals surface area (Å²) in [6, 6.07) is 3.79. The van der Waals surface area contributed by atoms with Crippen LogP contribution in [-0.2, 0) is 0 Å². The Morgan fingerprint density at radius 2 is 1.62 bits per heavy atom. The quantitative estimate of drug-likeness (QED) is 0.850. The summed E-state index contributed by atoms with van der Waals surface area (Å²) in [5, 5.41) is 0. The second kappa shape index (κ2) is 7.42. The Hall–Kier alpha value is -2.44. The maximum Gasteiger partial charge on any atom is 0.228 e. The molecule has 1 aliphatic rings. The Morgan fingerprint density at radius 1 is 0.958 bits per heavy atom. The van der Waals surface area contributed by atoms with E-state index in [4.69, 9.17) is 4.74 Å². The Labute approximate surface area is 142 Å². The van der Waals surface area contributed by atoms with Crippen LogP contribution in [0.25, 0.3) is 0 Å². The molecule has 1 fully saturated rings. The molecule has 3 heterocycles. The van der Waals surface area contributed by atoms with Gasteiger partial charge in [0.05, 0.1) is 6.61 Å². The Morgan fingerprint density at radius 3 is 2.29 bits per heavy atom. The van der Waals surface area contributed by atoms with Crippen LogP contribution >= 0.6 is 0 Å². The zero-order valence-electron chi connectivity index (χ0n) is 14.6. The maximum absolute atomic E-state index is 5.48. The average molecular weight is 328 g/mol. The molecule has 0 radical (unpaired) electrons. The number of hydrogen-bond donors (Lipinski definition) is 0. The summed E-state index contributed by atoms with van der Waals surface area (Å²) in [5.74, 6) is 2.17. The third-order valence-electron chi connectivity index (χ3n) is 3.94. The molecule has 0 aliphatic carbocycles.